The summed E-state index contributed by atoms with van der Waals surface area (Å²) in [5.74, 6) is 0.294. The van der Waals surface area contributed by atoms with Gasteiger partial charge in [-0.05, 0) is 54.1 Å². The number of urea groups is 1. The largest absolute Gasteiger partial charge is 0.351 e. The Labute approximate surface area is 177 Å². The van der Waals surface area contributed by atoms with E-state index in [2.05, 4.69) is 37.5 Å². The van der Waals surface area contributed by atoms with E-state index in [1.54, 1.807) is 36.4 Å². The molecule has 0 aliphatic carbocycles. The number of hydrogen-bond acceptors (Lipinski definition) is 8. The molecular formula is C18H16ClN7O3S. The molecule has 0 aliphatic rings. The van der Waals surface area contributed by atoms with Crippen LogP contribution in [0.5, 0.6) is 0 Å². The van der Waals surface area contributed by atoms with Crippen LogP contribution in [0.3, 0.4) is 0 Å². The van der Waals surface area contributed by atoms with Crippen LogP contribution in [0.15, 0.2) is 65.4 Å². The summed E-state index contributed by atoms with van der Waals surface area (Å²) in [6.07, 6.45) is 0. The zero-order chi connectivity index (χ0) is 21.7. The zero-order valence-electron chi connectivity index (χ0n) is 15.3. The molecule has 5 N–H and O–H groups in total. The van der Waals surface area contributed by atoms with Gasteiger partial charge in [-0.3, -0.25) is 0 Å². The lowest BCUT2D eigenvalue weighted by atomic mass is 10.3. The van der Waals surface area contributed by atoms with Crippen molar-refractivity contribution in [3.63, 3.8) is 0 Å². The lowest BCUT2D eigenvalue weighted by Gasteiger charge is -2.10. The van der Waals surface area contributed by atoms with Gasteiger partial charge in [-0.15, -0.1) is 0 Å². The van der Waals surface area contributed by atoms with Crippen LogP contribution in [-0.2, 0) is 9.84 Å². The molecule has 0 unspecified atom stereocenters. The third-order valence-electron chi connectivity index (χ3n) is 3.65. The summed E-state index contributed by atoms with van der Waals surface area (Å²) in [5, 5.41) is 9.16. The maximum Gasteiger partial charge on any atom is 0.316 e. The van der Waals surface area contributed by atoms with E-state index in [0.29, 0.717) is 17.1 Å². The van der Waals surface area contributed by atoms with E-state index in [1.165, 1.54) is 12.1 Å². The van der Waals surface area contributed by atoms with Crippen LogP contribution in [0.25, 0.3) is 0 Å². The maximum absolute atomic E-state index is 11.8. The summed E-state index contributed by atoms with van der Waals surface area (Å²) in [7, 11) is -3.52. The SMILES string of the molecule is C=CS(=O)(=O)c1ccc(Nc2nc(Cl)nc(Nc3cccc(NC(N)=O)c3)n2)cc1. The van der Waals surface area contributed by atoms with Crippen molar-refractivity contribution in [2.45, 2.75) is 4.90 Å². The fourth-order valence-corrected chi connectivity index (χ4v) is 3.23. The molecule has 0 saturated carbocycles. The molecule has 3 aromatic rings. The number of nitrogens with two attached hydrogens (primary N) is 1. The molecular weight excluding hydrogens is 430 g/mol. The van der Waals surface area contributed by atoms with E-state index in [4.69, 9.17) is 17.3 Å². The van der Waals surface area contributed by atoms with Crippen molar-refractivity contribution in [3.8, 4) is 0 Å². The summed E-state index contributed by atoms with van der Waals surface area (Å²) in [6, 6.07) is 12.0. The minimum absolute atomic E-state index is 0.0627. The zero-order valence-corrected chi connectivity index (χ0v) is 16.9. The summed E-state index contributed by atoms with van der Waals surface area (Å²) >= 11 is 5.98. The van der Waals surface area contributed by atoms with E-state index in [-0.39, 0.29) is 22.1 Å². The van der Waals surface area contributed by atoms with E-state index in [1.807, 2.05) is 0 Å². The van der Waals surface area contributed by atoms with Gasteiger partial charge in [0.25, 0.3) is 0 Å². The van der Waals surface area contributed by atoms with E-state index < -0.39 is 15.9 Å². The topological polar surface area (TPSA) is 152 Å². The molecule has 0 fully saturated rings. The van der Waals surface area contributed by atoms with Gasteiger partial charge in [-0.2, -0.15) is 15.0 Å². The molecule has 154 valence electrons. The molecule has 0 bridgehead atoms. The van der Waals surface area contributed by atoms with E-state index >= 15 is 0 Å². The van der Waals surface area contributed by atoms with Crippen molar-refractivity contribution in [3.05, 3.63) is 65.8 Å². The van der Waals surface area contributed by atoms with Crippen LogP contribution < -0.4 is 21.7 Å². The molecule has 3 rings (SSSR count). The second-order valence-electron chi connectivity index (χ2n) is 5.81. The van der Waals surface area contributed by atoms with Crippen molar-refractivity contribution in [2.75, 3.05) is 16.0 Å². The Morgan fingerprint density at radius 1 is 0.967 bits per heavy atom. The molecule has 12 heteroatoms. The lowest BCUT2D eigenvalue weighted by Crippen LogP contribution is -2.19. The Morgan fingerprint density at radius 2 is 1.57 bits per heavy atom. The first kappa shape index (κ1) is 21.0. The Bertz CT molecular complexity index is 1200. The highest BCUT2D eigenvalue weighted by Gasteiger charge is 2.10. The van der Waals surface area contributed by atoms with Gasteiger partial charge in [0.15, 0.2) is 9.84 Å². The summed E-state index contributed by atoms with van der Waals surface area (Å²) < 4.78 is 23.6. The highest BCUT2D eigenvalue weighted by atomic mass is 35.5. The third kappa shape index (κ3) is 5.43. The Morgan fingerprint density at radius 3 is 2.17 bits per heavy atom. The summed E-state index contributed by atoms with van der Waals surface area (Å²) in [4.78, 5) is 23.3. The number of sulfone groups is 1. The molecule has 10 nitrogen and oxygen atoms in total. The quantitative estimate of drug-likeness (QED) is 0.431. The minimum atomic E-state index is -3.52. The van der Waals surface area contributed by atoms with Crippen LogP contribution >= 0.6 is 11.6 Å². The van der Waals surface area contributed by atoms with Crippen LogP contribution in [0, 0.1) is 0 Å². The van der Waals surface area contributed by atoms with Crippen LogP contribution in [0.2, 0.25) is 5.28 Å². The second kappa shape index (κ2) is 8.76. The number of carbonyl (C=O) groups excluding carboxylic acids is 1. The van der Waals surface area contributed by atoms with E-state index in [0.717, 1.165) is 5.41 Å². The van der Waals surface area contributed by atoms with Crippen molar-refractivity contribution < 1.29 is 13.2 Å². The Balaban J connectivity index is 1.79. The number of hydrogen-bond donors (Lipinski definition) is 4. The van der Waals surface area contributed by atoms with Crippen molar-refractivity contribution in [2.24, 2.45) is 5.73 Å². The number of halogens is 1. The smallest absolute Gasteiger partial charge is 0.316 e. The predicted molar refractivity (Wildman–Crippen MR) is 115 cm³/mol. The summed E-state index contributed by atoms with van der Waals surface area (Å²) in [6.45, 7) is 3.29. The highest BCUT2D eigenvalue weighted by molar-refractivity contribution is 7.94. The molecule has 0 aliphatic heterocycles. The molecule has 1 aromatic heterocycles. The second-order valence-corrected chi connectivity index (χ2v) is 8.04. The van der Waals surface area contributed by atoms with Crippen LogP contribution in [-0.4, -0.2) is 29.4 Å². The number of carbonyl (C=O) groups is 1. The van der Waals surface area contributed by atoms with Gasteiger partial charge in [0.1, 0.15) is 0 Å². The normalized spacial score (nSPS) is 10.8. The van der Waals surface area contributed by atoms with Gasteiger partial charge in [-0.25, -0.2) is 13.2 Å². The van der Waals surface area contributed by atoms with Crippen molar-refractivity contribution >= 4 is 56.4 Å². The average molecular weight is 446 g/mol. The molecule has 0 spiro atoms. The summed E-state index contributed by atoms with van der Waals surface area (Å²) in [5.41, 5.74) is 6.72. The molecule has 1 heterocycles. The third-order valence-corrected chi connectivity index (χ3v) is 5.19. The number of amides is 2. The van der Waals surface area contributed by atoms with Crippen molar-refractivity contribution in [1.82, 2.24) is 15.0 Å². The maximum atomic E-state index is 11.8. The van der Waals surface area contributed by atoms with Gasteiger partial charge < -0.3 is 21.7 Å². The van der Waals surface area contributed by atoms with Crippen LogP contribution in [0.1, 0.15) is 0 Å². The predicted octanol–water partition coefficient (Wildman–Crippen LogP) is 3.42. The number of aromatic nitrogens is 3. The number of nitrogens with one attached hydrogen (secondary N) is 3. The minimum Gasteiger partial charge on any atom is -0.351 e. The molecule has 2 amide bonds. The number of benzene rings is 2. The van der Waals surface area contributed by atoms with Gasteiger partial charge in [0.05, 0.1) is 4.90 Å². The van der Waals surface area contributed by atoms with Crippen LogP contribution in [0.4, 0.5) is 33.8 Å². The van der Waals surface area contributed by atoms with Crippen molar-refractivity contribution in [1.29, 1.82) is 0 Å². The van der Waals surface area contributed by atoms with Gasteiger partial charge in [0.2, 0.25) is 17.2 Å². The first-order chi connectivity index (χ1) is 14.2. The number of anilines is 5. The molecule has 0 atom stereocenters. The van der Waals surface area contributed by atoms with Gasteiger partial charge in [-0.1, -0.05) is 12.6 Å². The highest BCUT2D eigenvalue weighted by Crippen LogP contribution is 2.22. The standard InChI is InChI=1S/C18H16ClN7O3S/c1-2-30(28,29)14-8-6-11(7-9-14)22-17-24-15(19)25-18(26-17)23-13-5-3-4-12(10-13)21-16(20)27/h2-10H,1H2,(H3,20,21,27)(H2,22,23,24,25,26). The Hall–Kier alpha value is -3.70. The van der Waals surface area contributed by atoms with Gasteiger partial charge >= 0.3 is 6.03 Å². The van der Waals surface area contributed by atoms with Gasteiger partial charge in [0, 0.05) is 22.5 Å². The van der Waals surface area contributed by atoms with E-state index in [9.17, 15) is 13.2 Å². The monoisotopic (exact) mass is 445 g/mol. The first-order valence-electron chi connectivity index (χ1n) is 8.35. The molecule has 0 radical (unpaired) electrons. The average Bonchev–Trinajstić information content (AvgIpc) is 2.68. The first-order valence-corrected chi connectivity index (χ1v) is 10.3. The number of nitrogens with zero attached hydrogens (tertiary/aromatic N) is 3. The fourth-order valence-electron chi connectivity index (χ4n) is 2.36. The number of rotatable bonds is 7. The lowest BCUT2D eigenvalue weighted by molar-refractivity contribution is 0.259. The molecule has 30 heavy (non-hydrogen) atoms. The molecule has 2 aromatic carbocycles. The molecule has 0 saturated heterocycles. The Kier molecular flexibility index (Phi) is 6.14. The number of primary amides is 1. The fraction of sp³-hybridized carbons (Fsp3) is 0.